The lowest BCUT2D eigenvalue weighted by Gasteiger charge is -1.97. The molecule has 0 aliphatic carbocycles. The summed E-state index contributed by atoms with van der Waals surface area (Å²) in [7, 11) is 0. The fourth-order valence-corrected chi connectivity index (χ4v) is 0.448. The molecule has 0 spiro atoms. The number of amides is 1. The largest absolute Gasteiger partial charge is 0.481 e. The van der Waals surface area contributed by atoms with Crippen molar-refractivity contribution < 1.29 is 14.7 Å². The Bertz CT molecular complexity index is 160. The lowest BCUT2D eigenvalue weighted by Crippen LogP contribution is -1.97. The molecule has 0 radical (unpaired) electrons. The molecule has 12 heavy (non-hydrogen) atoms. The number of carboxylic acids is 1. The Labute approximate surface area is 72.0 Å². The van der Waals surface area contributed by atoms with Gasteiger partial charge in [0.2, 0.25) is 5.91 Å². The molecule has 0 unspecified atom stereocenters. The first-order valence-corrected chi connectivity index (χ1v) is 4.01. The molecular formula is C8H15NO3. The van der Waals surface area contributed by atoms with Crippen LogP contribution in [0.4, 0.5) is 0 Å². The summed E-state index contributed by atoms with van der Waals surface area (Å²) in [5, 5.41) is 10.6. The molecule has 0 bridgehead atoms. The van der Waals surface area contributed by atoms with Crippen molar-refractivity contribution in [1.29, 1.82) is 0 Å². The molecule has 0 atom stereocenters. The lowest BCUT2D eigenvalue weighted by atomic mass is 10.1. The molecule has 0 aromatic heterocycles. The van der Waals surface area contributed by atoms with Crippen molar-refractivity contribution in [3.63, 3.8) is 0 Å². The molecule has 4 nitrogen and oxygen atoms in total. The molecule has 1 fully saturated rings. The topological polar surface area (TPSA) is 76.3 Å². The Morgan fingerprint density at radius 3 is 2.17 bits per heavy atom. The third-order valence-corrected chi connectivity index (χ3v) is 1.26. The van der Waals surface area contributed by atoms with Crippen LogP contribution in [0.15, 0.2) is 0 Å². The van der Waals surface area contributed by atoms with Gasteiger partial charge in [-0.05, 0) is 12.3 Å². The van der Waals surface area contributed by atoms with E-state index in [2.05, 4.69) is 5.32 Å². The van der Waals surface area contributed by atoms with Gasteiger partial charge in [0, 0.05) is 6.42 Å². The third-order valence-electron chi connectivity index (χ3n) is 1.26. The summed E-state index contributed by atoms with van der Waals surface area (Å²) in [6.07, 6.45) is 1.09. The predicted octanol–water partition coefficient (Wildman–Crippen LogP) is 0.623. The molecule has 1 aliphatic rings. The average Bonchev–Trinajstić information content (AvgIpc) is 2.69. The van der Waals surface area contributed by atoms with Crippen LogP contribution in [-0.2, 0) is 9.59 Å². The van der Waals surface area contributed by atoms with Gasteiger partial charge in [-0.1, -0.05) is 13.8 Å². The van der Waals surface area contributed by atoms with Gasteiger partial charge in [-0.15, -0.1) is 0 Å². The minimum absolute atomic E-state index is 0.167. The van der Waals surface area contributed by atoms with Gasteiger partial charge in [-0.3, -0.25) is 9.59 Å². The van der Waals surface area contributed by atoms with E-state index >= 15 is 0 Å². The van der Waals surface area contributed by atoms with Crippen molar-refractivity contribution in [2.75, 3.05) is 6.54 Å². The third kappa shape index (κ3) is 11.7. The molecule has 1 amide bonds. The van der Waals surface area contributed by atoms with E-state index < -0.39 is 5.97 Å². The minimum Gasteiger partial charge on any atom is -0.481 e. The monoisotopic (exact) mass is 173 g/mol. The summed E-state index contributed by atoms with van der Waals surface area (Å²) < 4.78 is 0. The Morgan fingerprint density at radius 1 is 1.67 bits per heavy atom. The second kappa shape index (κ2) is 5.57. The smallest absolute Gasteiger partial charge is 0.303 e. The molecule has 1 rings (SSSR count). The van der Waals surface area contributed by atoms with Crippen molar-refractivity contribution in [3.8, 4) is 0 Å². The van der Waals surface area contributed by atoms with E-state index in [1.165, 1.54) is 0 Å². The summed E-state index contributed by atoms with van der Waals surface area (Å²) in [6, 6.07) is 0. The summed E-state index contributed by atoms with van der Waals surface area (Å²) in [5.74, 6) is -0.0233. The van der Waals surface area contributed by atoms with Crippen LogP contribution in [0.3, 0.4) is 0 Å². The highest BCUT2D eigenvalue weighted by Gasteiger charge is 2.10. The maximum atomic E-state index is 9.90. The zero-order valence-electron chi connectivity index (χ0n) is 7.46. The van der Waals surface area contributed by atoms with E-state index in [9.17, 15) is 9.59 Å². The average molecular weight is 173 g/mol. The van der Waals surface area contributed by atoms with Gasteiger partial charge >= 0.3 is 5.97 Å². The van der Waals surface area contributed by atoms with Crippen LogP contribution < -0.4 is 5.32 Å². The normalized spacial score (nSPS) is 13.1. The Morgan fingerprint density at radius 2 is 2.08 bits per heavy atom. The number of carbonyl (C=O) groups excluding carboxylic acids is 1. The molecule has 1 heterocycles. The van der Waals surface area contributed by atoms with Crippen molar-refractivity contribution in [2.45, 2.75) is 26.7 Å². The van der Waals surface area contributed by atoms with E-state index in [1.807, 2.05) is 13.8 Å². The number of nitrogens with one attached hydrogen (secondary N) is 1. The number of hydrogen-bond donors (Lipinski definition) is 2. The molecule has 2 N–H and O–H groups in total. The molecule has 1 saturated heterocycles. The van der Waals surface area contributed by atoms with Gasteiger partial charge in [-0.2, -0.15) is 0 Å². The van der Waals surface area contributed by atoms with Crippen LogP contribution in [0.2, 0.25) is 0 Å². The molecule has 4 heteroatoms. The van der Waals surface area contributed by atoms with E-state index in [4.69, 9.17) is 5.11 Å². The molecule has 70 valence electrons. The second-order valence-corrected chi connectivity index (χ2v) is 3.10. The van der Waals surface area contributed by atoms with Crippen LogP contribution in [0, 0.1) is 5.92 Å². The summed E-state index contributed by atoms with van der Waals surface area (Å²) >= 11 is 0. The van der Waals surface area contributed by atoms with Crippen LogP contribution in [0.25, 0.3) is 0 Å². The highest BCUT2D eigenvalue weighted by atomic mass is 16.4. The standard InChI is InChI=1S/C6H12O2.C2H3NO/c1-5(2)3-4-6(7)8;4-2-1-3-2/h5H,3-4H2,1-2H3,(H,7,8);1H2,(H,3,4). The molecule has 0 aromatic carbocycles. The van der Waals surface area contributed by atoms with E-state index in [1.54, 1.807) is 0 Å². The summed E-state index contributed by atoms with van der Waals surface area (Å²) in [6.45, 7) is 4.63. The quantitative estimate of drug-likeness (QED) is 0.614. The number of hydrogen-bond acceptors (Lipinski definition) is 2. The van der Waals surface area contributed by atoms with Crippen molar-refractivity contribution in [1.82, 2.24) is 5.32 Å². The molecule has 0 aromatic rings. The summed E-state index contributed by atoms with van der Waals surface area (Å²) in [4.78, 5) is 19.3. The molecule has 1 aliphatic heterocycles. The van der Waals surface area contributed by atoms with Crippen LogP contribution in [0.5, 0.6) is 0 Å². The number of aliphatic carboxylic acids is 1. The first-order chi connectivity index (χ1) is 5.52. The second-order valence-electron chi connectivity index (χ2n) is 3.10. The van der Waals surface area contributed by atoms with E-state index in [-0.39, 0.29) is 5.91 Å². The van der Waals surface area contributed by atoms with Gasteiger partial charge in [-0.25, -0.2) is 0 Å². The Kier molecular flexibility index (Phi) is 5.08. The Hall–Kier alpha value is -1.06. The van der Waals surface area contributed by atoms with Crippen LogP contribution in [0.1, 0.15) is 26.7 Å². The van der Waals surface area contributed by atoms with Crippen molar-refractivity contribution in [2.24, 2.45) is 5.92 Å². The summed E-state index contributed by atoms with van der Waals surface area (Å²) in [5.41, 5.74) is 0. The Balaban J connectivity index is 0.000000247. The van der Waals surface area contributed by atoms with Crippen molar-refractivity contribution in [3.05, 3.63) is 0 Å². The van der Waals surface area contributed by atoms with Gasteiger partial charge in [0.05, 0.1) is 6.54 Å². The van der Waals surface area contributed by atoms with Gasteiger partial charge < -0.3 is 10.4 Å². The van der Waals surface area contributed by atoms with Gasteiger partial charge in [0.1, 0.15) is 0 Å². The highest BCUT2D eigenvalue weighted by molar-refractivity contribution is 5.91. The van der Waals surface area contributed by atoms with E-state index in [0.717, 1.165) is 6.42 Å². The highest BCUT2D eigenvalue weighted by Crippen LogP contribution is 2.01. The first kappa shape index (κ1) is 10.9. The van der Waals surface area contributed by atoms with E-state index in [0.29, 0.717) is 18.9 Å². The molecule has 0 saturated carbocycles. The maximum absolute atomic E-state index is 9.90. The zero-order valence-corrected chi connectivity index (χ0v) is 7.46. The predicted molar refractivity (Wildman–Crippen MR) is 44.7 cm³/mol. The van der Waals surface area contributed by atoms with Crippen molar-refractivity contribution >= 4 is 11.9 Å². The number of carbonyl (C=O) groups is 2. The first-order valence-electron chi connectivity index (χ1n) is 4.01. The van der Waals surface area contributed by atoms with Crippen LogP contribution >= 0.6 is 0 Å². The lowest BCUT2D eigenvalue weighted by molar-refractivity contribution is -0.137. The minimum atomic E-state index is -0.696. The fraction of sp³-hybridized carbons (Fsp3) is 0.750. The molecular weight excluding hydrogens is 158 g/mol. The van der Waals surface area contributed by atoms with Gasteiger partial charge in [0.15, 0.2) is 0 Å². The van der Waals surface area contributed by atoms with Gasteiger partial charge in [0.25, 0.3) is 0 Å². The maximum Gasteiger partial charge on any atom is 0.303 e. The number of carboxylic acid groups (broad SMARTS) is 1. The fourth-order valence-electron chi connectivity index (χ4n) is 0.448. The van der Waals surface area contributed by atoms with Crippen LogP contribution in [-0.4, -0.2) is 23.5 Å². The number of rotatable bonds is 3. The SMILES string of the molecule is CC(C)CCC(=O)O.O=C1CN1. The zero-order chi connectivity index (χ0) is 9.56.